The first-order valence-electron chi connectivity index (χ1n) is 7.19. The maximum Gasteiger partial charge on any atom is 0.119 e. The summed E-state index contributed by atoms with van der Waals surface area (Å²) < 4.78 is 5.32. The van der Waals surface area contributed by atoms with Crippen LogP contribution in [-0.4, -0.2) is 17.3 Å². The van der Waals surface area contributed by atoms with Crippen molar-refractivity contribution in [2.45, 2.75) is 38.3 Å². The Morgan fingerprint density at radius 3 is 3.10 bits per heavy atom. The minimum atomic E-state index is 0.298. The third kappa shape index (κ3) is 2.56. The van der Waals surface area contributed by atoms with Crippen LogP contribution in [0.1, 0.15) is 48.5 Å². The second kappa shape index (κ2) is 5.67. The van der Waals surface area contributed by atoms with Crippen molar-refractivity contribution in [1.29, 1.82) is 0 Å². The third-order valence-electron chi connectivity index (χ3n) is 4.14. The van der Waals surface area contributed by atoms with Gasteiger partial charge in [-0.05, 0) is 49.4 Å². The second-order valence-corrected chi connectivity index (χ2v) is 5.43. The third-order valence-corrected chi connectivity index (χ3v) is 4.14. The number of hydrogen-bond acceptors (Lipinski definition) is 3. The summed E-state index contributed by atoms with van der Waals surface area (Å²) in [5, 5.41) is 10.6. The Hall–Kier alpha value is -1.81. The molecule has 2 N–H and O–H groups in total. The van der Waals surface area contributed by atoms with Crippen LogP contribution >= 0.6 is 0 Å². The molecule has 1 heterocycles. The van der Waals surface area contributed by atoms with Crippen molar-refractivity contribution in [3.8, 4) is 5.75 Å². The number of fused-ring (bicyclic) bond motifs is 1. The van der Waals surface area contributed by atoms with Gasteiger partial charge in [-0.1, -0.05) is 6.07 Å². The molecule has 0 saturated heterocycles. The Morgan fingerprint density at radius 2 is 2.35 bits per heavy atom. The van der Waals surface area contributed by atoms with Gasteiger partial charge in [-0.15, -0.1) is 0 Å². The van der Waals surface area contributed by atoms with Crippen LogP contribution in [0, 0.1) is 0 Å². The van der Waals surface area contributed by atoms with Gasteiger partial charge in [0, 0.05) is 23.8 Å². The van der Waals surface area contributed by atoms with Gasteiger partial charge in [-0.3, -0.25) is 5.10 Å². The number of rotatable bonds is 4. The normalized spacial score (nSPS) is 19.4. The number of H-pyrrole nitrogens is 1. The smallest absolute Gasteiger partial charge is 0.119 e. The SMILES string of the molecule is COc1ccc2c(c1)CCCC2NC(C)c1cn[nH]c1. The molecule has 0 spiro atoms. The predicted octanol–water partition coefficient (Wildman–Crippen LogP) is 3.15. The summed E-state index contributed by atoms with van der Waals surface area (Å²) >= 11 is 0. The molecule has 1 aromatic heterocycles. The molecule has 2 atom stereocenters. The molecule has 106 valence electrons. The van der Waals surface area contributed by atoms with Gasteiger partial charge in [-0.25, -0.2) is 0 Å². The Labute approximate surface area is 119 Å². The van der Waals surface area contributed by atoms with Gasteiger partial charge >= 0.3 is 0 Å². The Balaban J connectivity index is 1.79. The van der Waals surface area contributed by atoms with Gasteiger partial charge in [0.15, 0.2) is 0 Å². The zero-order chi connectivity index (χ0) is 13.9. The summed E-state index contributed by atoms with van der Waals surface area (Å²) in [5.41, 5.74) is 4.02. The van der Waals surface area contributed by atoms with Crippen LogP contribution in [0.2, 0.25) is 0 Å². The van der Waals surface area contributed by atoms with Crippen molar-refractivity contribution in [2.75, 3.05) is 7.11 Å². The number of ether oxygens (including phenoxy) is 1. The lowest BCUT2D eigenvalue weighted by atomic mass is 9.87. The summed E-state index contributed by atoms with van der Waals surface area (Å²) in [6, 6.07) is 7.14. The molecule has 1 aromatic carbocycles. The number of aryl methyl sites for hydroxylation is 1. The zero-order valence-corrected chi connectivity index (χ0v) is 12.0. The highest BCUT2D eigenvalue weighted by Gasteiger charge is 2.22. The molecule has 20 heavy (non-hydrogen) atoms. The van der Waals surface area contributed by atoms with Gasteiger partial charge < -0.3 is 10.1 Å². The van der Waals surface area contributed by atoms with Crippen LogP contribution in [0.25, 0.3) is 0 Å². The highest BCUT2D eigenvalue weighted by molar-refractivity contribution is 5.39. The molecule has 0 fully saturated rings. The summed E-state index contributed by atoms with van der Waals surface area (Å²) in [6.07, 6.45) is 7.38. The van der Waals surface area contributed by atoms with E-state index in [4.69, 9.17) is 4.74 Å². The molecule has 4 nitrogen and oxygen atoms in total. The van der Waals surface area contributed by atoms with E-state index >= 15 is 0 Å². The lowest BCUT2D eigenvalue weighted by Crippen LogP contribution is -2.27. The molecule has 0 aliphatic heterocycles. The van der Waals surface area contributed by atoms with Crippen LogP contribution < -0.4 is 10.1 Å². The number of aromatic nitrogens is 2. The zero-order valence-electron chi connectivity index (χ0n) is 12.0. The maximum atomic E-state index is 5.32. The van der Waals surface area contributed by atoms with Crippen LogP contribution in [0.5, 0.6) is 5.75 Å². The molecule has 2 unspecified atom stereocenters. The maximum absolute atomic E-state index is 5.32. The summed E-state index contributed by atoms with van der Waals surface area (Å²) in [6.45, 7) is 2.18. The second-order valence-electron chi connectivity index (χ2n) is 5.43. The minimum Gasteiger partial charge on any atom is -0.497 e. The van der Waals surface area contributed by atoms with Crippen molar-refractivity contribution >= 4 is 0 Å². The van der Waals surface area contributed by atoms with Crippen LogP contribution in [0.3, 0.4) is 0 Å². The molecule has 0 saturated carbocycles. The highest BCUT2D eigenvalue weighted by atomic mass is 16.5. The Morgan fingerprint density at radius 1 is 1.45 bits per heavy atom. The van der Waals surface area contributed by atoms with Crippen LogP contribution in [0.15, 0.2) is 30.6 Å². The van der Waals surface area contributed by atoms with Crippen molar-refractivity contribution in [2.24, 2.45) is 0 Å². The van der Waals surface area contributed by atoms with Gasteiger partial charge in [0.25, 0.3) is 0 Å². The minimum absolute atomic E-state index is 0.298. The largest absolute Gasteiger partial charge is 0.497 e. The standard InChI is InChI=1S/C16H21N3O/c1-11(13-9-17-18-10-13)19-16-5-3-4-12-8-14(20-2)6-7-15(12)16/h6-11,16,19H,3-5H2,1-2H3,(H,17,18). The quantitative estimate of drug-likeness (QED) is 0.898. The molecular formula is C16H21N3O. The van der Waals surface area contributed by atoms with Crippen molar-refractivity contribution in [1.82, 2.24) is 15.5 Å². The molecule has 0 bridgehead atoms. The van der Waals surface area contributed by atoms with Gasteiger partial charge in [-0.2, -0.15) is 5.10 Å². The van der Waals surface area contributed by atoms with Gasteiger partial charge in [0.2, 0.25) is 0 Å². The number of nitrogens with one attached hydrogen (secondary N) is 2. The molecule has 3 rings (SSSR count). The van der Waals surface area contributed by atoms with Crippen molar-refractivity contribution in [3.63, 3.8) is 0 Å². The monoisotopic (exact) mass is 271 g/mol. The van der Waals surface area contributed by atoms with Crippen LogP contribution in [0.4, 0.5) is 0 Å². The van der Waals surface area contributed by atoms with Crippen molar-refractivity contribution < 1.29 is 4.74 Å². The van der Waals surface area contributed by atoms with Crippen molar-refractivity contribution in [3.05, 3.63) is 47.3 Å². The topological polar surface area (TPSA) is 49.9 Å². The van der Waals surface area contributed by atoms with E-state index in [9.17, 15) is 0 Å². The predicted molar refractivity (Wildman–Crippen MR) is 78.8 cm³/mol. The first kappa shape index (κ1) is 13.2. The fourth-order valence-corrected chi connectivity index (χ4v) is 2.99. The molecular weight excluding hydrogens is 250 g/mol. The first-order chi connectivity index (χ1) is 9.78. The van der Waals surface area contributed by atoms with E-state index in [1.165, 1.54) is 29.5 Å². The van der Waals surface area contributed by atoms with Gasteiger partial charge in [0.05, 0.1) is 13.3 Å². The number of methoxy groups -OCH3 is 1. The van der Waals surface area contributed by atoms with E-state index < -0.39 is 0 Å². The Bertz CT molecular complexity index is 565. The fourth-order valence-electron chi connectivity index (χ4n) is 2.99. The lowest BCUT2D eigenvalue weighted by molar-refractivity contribution is 0.402. The lowest BCUT2D eigenvalue weighted by Gasteiger charge is -2.29. The fraction of sp³-hybridized carbons (Fsp3) is 0.438. The molecule has 1 aliphatic rings. The van der Waals surface area contributed by atoms with E-state index in [1.807, 2.05) is 12.4 Å². The summed E-state index contributed by atoms with van der Waals surface area (Å²) in [4.78, 5) is 0. The molecule has 1 aliphatic carbocycles. The molecule has 0 amide bonds. The van der Waals surface area contributed by atoms with E-state index in [0.717, 1.165) is 12.2 Å². The average molecular weight is 271 g/mol. The number of nitrogens with zero attached hydrogens (tertiary/aromatic N) is 1. The van der Waals surface area contributed by atoms with Gasteiger partial charge in [0.1, 0.15) is 5.75 Å². The summed E-state index contributed by atoms with van der Waals surface area (Å²) in [5.74, 6) is 0.951. The highest BCUT2D eigenvalue weighted by Crippen LogP contribution is 2.33. The van der Waals surface area contributed by atoms with E-state index in [2.05, 4.69) is 40.6 Å². The van der Waals surface area contributed by atoms with E-state index in [0.29, 0.717) is 12.1 Å². The number of aromatic amines is 1. The van der Waals surface area contributed by atoms with Crippen LogP contribution in [-0.2, 0) is 6.42 Å². The molecule has 4 heteroatoms. The molecule has 2 aromatic rings. The first-order valence-corrected chi connectivity index (χ1v) is 7.19. The Kier molecular flexibility index (Phi) is 3.74. The number of hydrogen-bond donors (Lipinski definition) is 2. The van der Waals surface area contributed by atoms with E-state index in [-0.39, 0.29) is 0 Å². The average Bonchev–Trinajstić information content (AvgIpc) is 3.01. The molecule has 0 radical (unpaired) electrons. The number of benzene rings is 1. The van der Waals surface area contributed by atoms with E-state index in [1.54, 1.807) is 7.11 Å². The summed E-state index contributed by atoms with van der Waals surface area (Å²) in [7, 11) is 1.72.